The molecule has 0 N–H and O–H groups in total. The molecule has 0 aromatic carbocycles. The summed E-state index contributed by atoms with van der Waals surface area (Å²) in [5.41, 5.74) is 0.844. The molecule has 1 aliphatic heterocycles. The molecular weight excluding hydrogens is 238 g/mol. The lowest BCUT2D eigenvalue weighted by molar-refractivity contribution is 0.146. The van der Waals surface area contributed by atoms with Gasteiger partial charge in [-0.25, -0.2) is 12.4 Å². The van der Waals surface area contributed by atoms with Gasteiger partial charge < -0.3 is 4.90 Å². The summed E-state index contributed by atoms with van der Waals surface area (Å²) in [5.74, 6) is 0. The van der Waals surface area contributed by atoms with Gasteiger partial charge in [0.1, 0.15) is 0 Å². The topological polar surface area (TPSA) is 45.5 Å². The molecular formula is C11H19N3O2S. The van der Waals surface area contributed by atoms with Gasteiger partial charge in [-0.3, -0.25) is 4.90 Å². The van der Waals surface area contributed by atoms with Crippen molar-refractivity contribution in [3.8, 4) is 0 Å². The molecule has 0 unspecified atom stereocenters. The fourth-order valence-electron chi connectivity index (χ4n) is 2.08. The highest BCUT2D eigenvalue weighted by atomic mass is 32.2. The van der Waals surface area contributed by atoms with Gasteiger partial charge in [-0.05, 0) is 19.2 Å². The zero-order valence-electron chi connectivity index (χ0n) is 10.3. The third-order valence-corrected chi connectivity index (χ3v) is 4.20. The van der Waals surface area contributed by atoms with Crippen molar-refractivity contribution in [3.63, 3.8) is 0 Å². The second kappa shape index (κ2) is 4.80. The molecule has 1 aliphatic rings. The summed E-state index contributed by atoms with van der Waals surface area (Å²) in [6.45, 7) is 4.77. The molecule has 0 spiro atoms. The summed E-state index contributed by atoms with van der Waals surface area (Å²) in [6, 6.07) is 3.66. The Hall–Kier alpha value is -0.850. The van der Waals surface area contributed by atoms with E-state index in [1.165, 1.54) is 10.2 Å². The first-order valence-electron chi connectivity index (χ1n) is 5.74. The van der Waals surface area contributed by atoms with Crippen LogP contribution in [0.2, 0.25) is 0 Å². The quantitative estimate of drug-likeness (QED) is 0.767. The molecule has 5 nitrogen and oxygen atoms in total. The summed E-state index contributed by atoms with van der Waals surface area (Å²) < 4.78 is 24.5. The summed E-state index contributed by atoms with van der Waals surface area (Å²) in [6.07, 6.45) is 2.85. The first-order chi connectivity index (χ1) is 7.97. The van der Waals surface area contributed by atoms with E-state index in [1.807, 2.05) is 6.07 Å². The first kappa shape index (κ1) is 12.6. The Labute approximate surface area is 103 Å². The van der Waals surface area contributed by atoms with E-state index in [2.05, 4.69) is 16.8 Å². The van der Waals surface area contributed by atoms with Crippen molar-refractivity contribution in [3.05, 3.63) is 24.0 Å². The third-order valence-electron chi connectivity index (χ3n) is 3.13. The van der Waals surface area contributed by atoms with Crippen LogP contribution in [-0.4, -0.2) is 61.7 Å². The van der Waals surface area contributed by atoms with Gasteiger partial charge in [0.25, 0.3) is 0 Å². The van der Waals surface area contributed by atoms with E-state index in [0.717, 1.165) is 31.9 Å². The fraction of sp³-hybridized carbons (Fsp3) is 0.636. The maximum Gasteiger partial charge on any atom is 0.235 e. The second-order valence-electron chi connectivity index (χ2n) is 4.64. The normalized spacial score (nSPS) is 19.6. The van der Waals surface area contributed by atoms with E-state index >= 15 is 0 Å². The number of aromatic nitrogens is 1. The lowest BCUT2D eigenvalue weighted by atomic mass is 10.3. The Morgan fingerprint density at radius 1 is 1.24 bits per heavy atom. The molecule has 96 valence electrons. The van der Waals surface area contributed by atoms with Crippen LogP contribution in [0.4, 0.5) is 0 Å². The summed E-state index contributed by atoms with van der Waals surface area (Å²) in [4.78, 5) is 4.57. The van der Waals surface area contributed by atoms with E-state index in [4.69, 9.17) is 0 Å². The molecule has 2 heterocycles. The smallest absolute Gasteiger partial charge is 0.235 e. The van der Waals surface area contributed by atoms with Crippen LogP contribution in [-0.2, 0) is 16.6 Å². The van der Waals surface area contributed by atoms with E-state index < -0.39 is 10.0 Å². The lowest BCUT2D eigenvalue weighted by Gasteiger charge is -2.32. The molecule has 1 fully saturated rings. The average Bonchev–Trinajstić information content (AvgIpc) is 2.69. The number of nitrogens with zero attached hydrogens (tertiary/aromatic N) is 3. The predicted octanol–water partition coefficient (Wildman–Crippen LogP) is 0.0432. The highest BCUT2D eigenvalue weighted by Crippen LogP contribution is 2.10. The van der Waals surface area contributed by atoms with Gasteiger partial charge >= 0.3 is 0 Å². The SMILES string of the molecule is CN1CCN(Cc2cccn2S(C)(=O)=O)CC1. The Kier molecular flexibility index (Phi) is 3.56. The average molecular weight is 257 g/mol. The van der Waals surface area contributed by atoms with Crippen molar-refractivity contribution in [1.29, 1.82) is 0 Å². The molecule has 6 heteroatoms. The van der Waals surface area contributed by atoms with Crippen molar-refractivity contribution in [1.82, 2.24) is 13.8 Å². The van der Waals surface area contributed by atoms with Crippen LogP contribution in [0.3, 0.4) is 0 Å². The van der Waals surface area contributed by atoms with Crippen LogP contribution >= 0.6 is 0 Å². The number of hydrogen-bond acceptors (Lipinski definition) is 4. The predicted molar refractivity (Wildman–Crippen MR) is 67.4 cm³/mol. The molecule has 0 aliphatic carbocycles. The molecule has 0 radical (unpaired) electrons. The highest BCUT2D eigenvalue weighted by Gasteiger charge is 2.17. The standard InChI is InChI=1S/C11H19N3O2S/c1-12-6-8-13(9-7-12)10-11-4-3-5-14(11)17(2,15)16/h3-5H,6-10H2,1-2H3. The molecule has 1 aromatic heterocycles. The molecule has 17 heavy (non-hydrogen) atoms. The van der Waals surface area contributed by atoms with Crippen LogP contribution in [0.15, 0.2) is 18.3 Å². The second-order valence-corrected chi connectivity index (χ2v) is 6.50. The van der Waals surface area contributed by atoms with Crippen LogP contribution in [0.5, 0.6) is 0 Å². The van der Waals surface area contributed by atoms with Gasteiger partial charge in [0, 0.05) is 44.6 Å². The van der Waals surface area contributed by atoms with Gasteiger partial charge in [-0.2, -0.15) is 0 Å². The van der Waals surface area contributed by atoms with Crippen LogP contribution < -0.4 is 0 Å². The third kappa shape index (κ3) is 3.08. The molecule has 2 rings (SSSR count). The van der Waals surface area contributed by atoms with Gasteiger partial charge in [0.2, 0.25) is 10.0 Å². The number of hydrogen-bond donors (Lipinski definition) is 0. The van der Waals surface area contributed by atoms with Gasteiger partial charge in [-0.15, -0.1) is 0 Å². The van der Waals surface area contributed by atoms with Crippen molar-refractivity contribution >= 4 is 10.0 Å². The molecule has 0 amide bonds. The Morgan fingerprint density at radius 2 is 1.88 bits per heavy atom. The van der Waals surface area contributed by atoms with Crippen LogP contribution in [0.25, 0.3) is 0 Å². The summed E-state index contributed by atoms with van der Waals surface area (Å²) in [5, 5.41) is 0. The monoisotopic (exact) mass is 257 g/mol. The molecule has 0 bridgehead atoms. The summed E-state index contributed by atoms with van der Waals surface area (Å²) in [7, 11) is -1.06. The zero-order valence-corrected chi connectivity index (χ0v) is 11.2. The van der Waals surface area contributed by atoms with Crippen LogP contribution in [0, 0.1) is 0 Å². The van der Waals surface area contributed by atoms with Gasteiger partial charge in [0.15, 0.2) is 0 Å². The molecule has 0 saturated carbocycles. The van der Waals surface area contributed by atoms with E-state index in [9.17, 15) is 8.42 Å². The van der Waals surface area contributed by atoms with Crippen molar-refractivity contribution in [2.24, 2.45) is 0 Å². The largest absolute Gasteiger partial charge is 0.304 e. The van der Waals surface area contributed by atoms with Gasteiger partial charge in [-0.1, -0.05) is 0 Å². The lowest BCUT2D eigenvalue weighted by Crippen LogP contribution is -2.44. The van der Waals surface area contributed by atoms with Crippen molar-refractivity contribution < 1.29 is 8.42 Å². The Bertz CT molecular complexity index is 473. The van der Waals surface area contributed by atoms with Gasteiger partial charge in [0.05, 0.1) is 6.26 Å². The maximum atomic E-state index is 11.5. The van der Waals surface area contributed by atoms with E-state index in [0.29, 0.717) is 6.54 Å². The van der Waals surface area contributed by atoms with E-state index in [-0.39, 0.29) is 0 Å². The zero-order chi connectivity index (χ0) is 12.5. The summed E-state index contributed by atoms with van der Waals surface area (Å²) >= 11 is 0. The number of rotatable bonds is 3. The minimum absolute atomic E-state index is 0.702. The minimum atomic E-state index is -3.17. The fourth-order valence-corrected chi connectivity index (χ4v) is 2.92. The first-order valence-corrected chi connectivity index (χ1v) is 7.59. The van der Waals surface area contributed by atoms with E-state index in [1.54, 1.807) is 12.3 Å². The molecule has 0 atom stereocenters. The minimum Gasteiger partial charge on any atom is -0.304 e. The van der Waals surface area contributed by atoms with Crippen LogP contribution in [0.1, 0.15) is 5.69 Å². The Morgan fingerprint density at radius 3 is 2.47 bits per heavy atom. The highest BCUT2D eigenvalue weighted by molar-refractivity contribution is 7.89. The number of likely N-dealkylation sites (N-methyl/N-ethyl adjacent to an activating group) is 1. The van der Waals surface area contributed by atoms with Crippen molar-refractivity contribution in [2.45, 2.75) is 6.54 Å². The van der Waals surface area contributed by atoms with Crippen molar-refractivity contribution in [2.75, 3.05) is 39.5 Å². The maximum absolute atomic E-state index is 11.5. The molecule has 1 aromatic rings. The number of piperazine rings is 1. The Balaban J connectivity index is 2.07. The molecule has 1 saturated heterocycles.